The number of aliphatic hydroxyl groups excluding tert-OH is 1. The maximum Gasteiger partial charge on any atom is 0.416 e. The summed E-state index contributed by atoms with van der Waals surface area (Å²) in [7, 11) is 1.46. The molecule has 0 aromatic heterocycles. The van der Waals surface area contributed by atoms with Crippen molar-refractivity contribution in [2.75, 3.05) is 13.6 Å². The predicted octanol–water partition coefficient (Wildman–Crippen LogP) is 1.39. The smallest absolute Gasteiger partial charge is 0.392 e. The Labute approximate surface area is 120 Å². The van der Waals surface area contributed by atoms with Gasteiger partial charge in [0, 0.05) is 20.1 Å². The van der Waals surface area contributed by atoms with Crippen LogP contribution in [0.1, 0.15) is 17.5 Å². The van der Waals surface area contributed by atoms with Crippen LogP contribution in [0.4, 0.5) is 13.2 Å². The minimum Gasteiger partial charge on any atom is -0.392 e. The number of carbonyl (C=O) groups excluding carboxylic acids is 1. The highest BCUT2D eigenvalue weighted by Crippen LogP contribution is 2.32. The SMILES string of the molecule is CN(Cc1ccccc1C(F)(F)F)C(=O)C1CC(O)CN1. The van der Waals surface area contributed by atoms with E-state index in [0.717, 1.165) is 6.07 Å². The standard InChI is InChI=1S/C14H17F3N2O2/c1-19(13(21)12-6-10(20)7-18-12)8-9-4-2-3-5-11(9)14(15,16)17/h2-5,10,12,18,20H,6-8H2,1H3. The Morgan fingerprint density at radius 2 is 2.10 bits per heavy atom. The van der Waals surface area contributed by atoms with Crippen molar-refractivity contribution in [3.63, 3.8) is 0 Å². The number of carbonyl (C=O) groups is 1. The number of likely N-dealkylation sites (N-methyl/N-ethyl adjacent to an activating group) is 1. The third kappa shape index (κ3) is 3.74. The molecule has 1 aliphatic rings. The molecular weight excluding hydrogens is 285 g/mol. The molecule has 21 heavy (non-hydrogen) atoms. The van der Waals surface area contributed by atoms with Crippen molar-refractivity contribution in [3.05, 3.63) is 35.4 Å². The van der Waals surface area contributed by atoms with Crippen LogP contribution in [-0.4, -0.2) is 41.7 Å². The van der Waals surface area contributed by atoms with Gasteiger partial charge in [0.05, 0.1) is 17.7 Å². The molecule has 1 aliphatic heterocycles. The largest absolute Gasteiger partial charge is 0.416 e. The average molecular weight is 302 g/mol. The van der Waals surface area contributed by atoms with Crippen molar-refractivity contribution in [1.82, 2.24) is 10.2 Å². The number of amides is 1. The minimum atomic E-state index is -4.44. The van der Waals surface area contributed by atoms with Crippen LogP contribution in [-0.2, 0) is 17.5 Å². The summed E-state index contributed by atoms with van der Waals surface area (Å²) < 4.78 is 38.7. The van der Waals surface area contributed by atoms with Gasteiger partial charge in [0.15, 0.2) is 0 Å². The van der Waals surface area contributed by atoms with Gasteiger partial charge in [0.2, 0.25) is 5.91 Å². The Balaban J connectivity index is 2.09. The molecule has 2 rings (SSSR count). The molecule has 0 bridgehead atoms. The van der Waals surface area contributed by atoms with Crippen molar-refractivity contribution in [3.8, 4) is 0 Å². The van der Waals surface area contributed by atoms with Crippen LogP contribution in [0.3, 0.4) is 0 Å². The molecule has 2 unspecified atom stereocenters. The van der Waals surface area contributed by atoms with E-state index >= 15 is 0 Å². The molecule has 0 aliphatic carbocycles. The number of β-amino-alcohol motifs (C(OH)–C–C–N with tert-alkyl or cyclic N) is 1. The van der Waals surface area contributed by atoms with Crippen LogP contribution in [0.25, 0.3) is 0 Å². The summed E-state index contributed by atoms with van der Waals surface area (Å²) in [5.74, 6) is -0.316. The molecule has 1 saturated heterocycles. The van der Waals surface area contributed by atoms with Gasteiger partial charge in [0.1, 0.15) is 0 Å². The summed E-state index contributed by atoms with van der Waals surface area (Å²) in [5, 5.41) is 12.2. The van der Waals surface area contributed by atoms with Gasteiger partial charge < -0.3 is 15.3 Å². The fourth-order valence-corrected chi connectivity index (χ4v) is 2.44. The summed E-state index contributed by atoms with van der Waals surface area (Å²) in [4.78, 5) is 13.4. The van der Waals surface area contributed by atoms with Crippen molar-refractivity contribution in [2.45, 2.75) is 31.3 Å². The molecule has 0 saturated carbocycles. The number of aliphatic hydroxyl groups is 1. The lowest BCUT2D eigenvalue weighted by molar-refractivity contribution is -0.139. The summed E-state index contributed by atoms with van der Waals surface area (Å²) in [5.41, 5.74) is -0.677. The van der Waals surface area contributed by atoms with Crippen LogP contribution in [0.15, 0.2) is 24.3 Å². The zero-order valence-corrected chi connectivity index (χ0v) is 11.5. The van der Waals surface area contributed by atoms with Gasteiger partial charge in [-0.25, -0.2) is 0 Å². The molecule has 7 heteroatoms. The third-order valence-electron chi connectivity index (χ3n) is 3.51. The molecule has 2 N–H and O–H groups in total. The van der Waals surface area contributed by atoms with E-state index in [-0.39, 0.29) is 24.4 Å². The maximum absolute atomic E-state index is 12.9. The normalized spacial score (nSPS) is 22.3. The van der Waals surface area contributed by atoms with Crippen LogP contribution < -0.4 is 5.32 Å². The highest BCUT2D eigenvalue weighted by Gasteiger charge is 2.34. The van der Waals surface area contributed by atoms with Gasteiger partial charge in [0.25, 0.3) is 0 Å². The van der Waals surface area contributed by atoms with Gasteiger partial charge in [-0.3, -0.25) is 4.79 Å². The number of alkyl halides is 3. The number of nitrogens with zero attached hydrogens (tertiary/aromatic N) is 1. The molecule has 2 atom stereocenters. The maximum atomic E-state index is 12.9. The first-order valence-electron chi connectivity index (χ1n) is 6.60. The highest BCUT2D eigenvalue weighted by molar-refractivity contribution is 5.82. The first-order chi connectivity index (χ1) is 9.79. The molecule has 0 spiro atoms. The zero-order valence-electron chi connectivity index (χ0n) is 11.5. The summed E-state index contributed by atoms with van der Waals surface area (Å²) >= 11 is 0. The number of halogens is 3. The van der Waals surface area contributed by atoms with Crippen molar-refractivity contribution in [1.29, 1.82) is 0 Å². The van der Waals surface area contributed by atoms with E-state index in [9.17, 15) is 23.1 Å². The molecular formula is C14H17F3N2O2. The van der Waals surface area contributed by atoms with Crippen molar-refractivity contribution >= 4 is 5.91 Å². The monoisotopic (exact) mass is 302 g/mol. The van der Waals surface area contributed by atoms with Gasteiger partial charge in [-0.15, -0.1) is 0 Å². The first kappa shape index (κ1) is 15.8. The van der Waals surface area contributed by atoms with Gasteiger partial charge in [-0.1, -0.05) is 18.2 Å². The second-order valence-electron chi connectivity index (χ2n) is 5.20. The number of rotatable bonds is 3. The van der Waals surface area contributed by atoms with Crippen molar-refractivity contribution < 1.29 is 23.1 Å². The Morgan fingerprint density at radius 3 is 2.67 bits per heavy atom. The van der Waals surface area contributed by atoms with Gasteiger partial charge in [-0.2, -0.15) is 13.2 Å². The van der Waals surface area contributed by atoms with E-state index in [1.165, 1.54) is 30.1 Å². The second kappa shape index (κ2) is 6.03. The molecule has 1 aromatic rings. The van der Waals surface area contributed by atoms with E-state index in [1.807, 2.05) is 0 Å². The highest BCUT2D eigenvalue weighted by atomic mass is 19.4. The van der Waals surface area contributed by atoms with Crippen LogP contribution >= 0.6 is 0 Å². The van der Waals surface area contributed by atoms with E-state index < -0.39 is 23.9 Å². The Bertz CT molecular complexity index is 519. The van der Waals surface area contributed by atoms with E-state index in [1.54, 1.807) is 0 Å². The molecule has 1 fully saturated rings. The van der Waals surface area contributed by atoms with Crippen LogP contribution in [0.2, 0.25) is 0 Å². The molecule has 1 heterocycles. The molecule has 1 aromatic carbocycles. The van der Waals surface area contributed by atoms with Crippen LogP contribution in [0.5, 0.6) is 0 Å². The Kier molecular flexibility index (Phi) is 4.53. The van der Waals surface area contributed by atoms with Gasteiger partial charge >= 0.3 is 6.18 Å². The van der Waals surface area contributed by atoms with Crippen molar-refractivity contribution in [2.24, 2.45) is 0 Å². The second-order valence-corrected chi connectivity index (χ2v) is 5.20. The van der Waals surface area contributed by atoms with E-state index in [2.05, 4.69) is 5.32 Å². The zero-order chi connectivity index (χ0) is 15.6. The molecule has 1 amide bonds. The lowest BCUT2D eigenvalue weighted by atomic mass is 10.1. The van der Waals surface area contributed by atoms with E-state index in [0.29, 0.717) is 6.54 Å². The molecule has 4 nitrogen and oxygen atoms in total. The van der Waals surface area contributed by atoms with Crippen LogP contribution in [0, 0.1) is 0 Å². The molecule has 0 radical (unpaired) electrons. The number of benzene rings is 1. The van der Waals surface area contributed by atoms with E-state index in [4.69, 9.17) is 0 Å². The lowest BCUT2D eigenvalue weighted by Crippen LogP contribution is -2.41. The first-order valence-corrected chi connectivity index (χ1v) is 6.60. The average Bonchev–Trinajstić information content (AvgIpc) is 2.84. The van der Waals surface area contributed by atoms with Gasteiger partial charge in [-0.05, 0) is 18.1 Å². The quantitative estimate of drug-likeness (QED) is 0.887. The molecule has 116 valence electrons. The third-order valence-corrected chi connectivity index (χ3v) is 3.51. The number of nitrogens with one attached hydrogen (secondary N) is 1. The lowest BCUT2D eigenvalue weighted by Gasteiger charge is -2.23. The Hall–Kier alpha value is -1.60. The fraction of sp³-hybridized carbons (Fsp3) is 0.500. The summed E-state index contributed by atoms with van der Waals surface area (Å²) in [6.07, 6.45) is -4.75. The summed E-state index contributed by atoms with van der Waals surface area (Å²) in [6.45, 7) is 0.201. The predicted molar refractivity (Wildman–Crippen MR) is 70.3 cm³/mol. The minimum absolute atomic E-state index is 0.0550. The fourth-order valence-electron chi connectivity index (χ4n) is 2.44. The Morgan fingerprint density at radius 1 is 1.43 bits per heavy atom. The topological polar surface area (TPSA) is 52.6 Å². The summed E-state index contributed by atoms with van der Waals surface area (Å²) in [6, 6.07) is 4.67. The number of hydrogen-bond acceptors (Lipinski definition) is 3. The number of hydrogen-bond donors (Lipinski definition) is 2.